The van der Waals surface area contributed by atoms with Crippen molar-refractivity contribution in [1.82, 2.24) is 5.32 Å². The zero-order valence-electron chi connectivity index (χ0n) is 13.2. The number of rotatable bonds is 4. The summed E-state index contributed by atoms with van der Waals surface area (Å²) in [5, 5.41) is 5.04. The highest BCUT2D eigenvalue weighted by molar-refractivity contribution is 8.00. The zero-order chi connectivity index (χ0) is 14.7. The summed E-state index contributed by atoms with van der Waals surface area (Å²) in [5.74, 6) is 1.96. The fourth-order valence-electron chi connectivity index (χ4n) is 3.67. The quantitative estimate of drug-likeness (QED) is 0.890. The molecule has 1 aromatic rings. The summed E-state index contributed by atoms with van der Waals surface area (Å²) in [5.41, 5.74) is 1.34. The van der Waals surface area contributed by atoms with Crippen molar-refractivity contribution in [2.24, 2.45) is 5.92 Å². The Kier molecular flexibility index (Phi) is 5.12. The molecule has 3 heteroatoms. The second-order valence-electron chi connectivity index (χ2n) is 6.45. The van der Waals surface area contributed by atoms with Crippen LogP contribution in [0.3, 0.4) is 0 Å². The number of hydrogen-bond donors (Lipinski definition) is 1. The summed E-state index contributed by atoms with van der Waals surface area (Å²) >= 11 is 2.17. The maximum Gasteiger partial charge on any atom is 0.124 e. The van der Waals surface area contributed by atoms with Crippen LogP contribution in [0.15, 0.2) is 24.3 Å². The average molecular weight is 305 g/mol. The van der Waals surface area contributed by atoms with E-state index in [-0.39, 0.29) is 0 Å². The van der Waals surface area contributed by atoms with Gasteiger partial charge in [0.2, 0.25) is 0 Å². The first-order valence-electron chi connectivity index (χ1n) is 8.38. The molecule has 1 heterocycles. The van der Waals surface area contributed by atoms with Gasteiger partial charge in [-0.25, -0.2) is 0 Å². The van der Waals surface area contributed by atoms with Gasteiger partial charge < -0.3 is 10.1 Å². The molecule has 4 unspecified atom stereocenters. The zero-order valence-corrected chi connectivity index (χ0v) is 14.0. The Morgan fingerprint density at radius 2 is 2.14 bits per heavy atom. The molecule has 0 amide bonds. The van der Waals surface area contributed by atoms with Gasteiger partial charge in [0.05, 0.1) is 11.3 Å². The van der Waals surface area contributed by atoms with Crippen LogP contribution in [-0.2, 0) is 0 Å². The molecule has 116 valence electrons. The lowest BCUT2D eigenvalue weighted by Gasteiger charge is -2.37. The predicted molar refractivity (Wildman–Crippen MR) is 91.2 cm³/mol. The maximum absolute atomic E-state index is 6.02. The molecule has 4 atom stereocenters. The molecule has 0 saturated heterocycles. The lowest BCUT2D eigenvalue weighted by molar-refractivity contribution is 0.260. The Bertz CT molecular complexity index is 464. The van der Waals surface area contributed by atoms with Gasteiger partial charge in [-0.3, -0.25) is 0 Å². The van der Waals surface area contributed by atoms with Crippen molar-refractivity contribution >= 4 is 11.8 Å². The highest BCUT2D eigenvalue weighted by Crippen LogP contribution is 2.42. The number of benzene rings is 1. The molecular weight excluding hydrogens is 278 g/mol. The van der Waals surface area contributed by atoms with E-state index in [9.17, 15) is 0 Å². The smallest absolute Gasteiger partial charge is 0.124 e. The van der Waals surface area contributed by atoms with Crippen LogP contribution < -0.4 is 10.1 Å². The molecule has 1 saturated carbocycles. The molecule has 0 spiro atoms. The number of hydrogen-bond acceptors (Lipinski definition) is 3. The Balaban J connectivity index is 1.72. The van der Waals surface area contributed by atoms with E-state index in [1.165, 1.54) is 31.2 Å². The number of ether oxygens (including phenoxy) is 1. The minimum atomic E-state index is 0.433. The fraction of sp³-hybridized carbons (Fsp3) is 0.667. The molecule has 0 bridgehead atoms. The lowest BCUT2D eigenvalue weighted by Crippen LogP contribution is -2.39. The van der Waals surface area contributed by atoms with Gasteiger partial charge in [-0.05, 0) is 31.4 Å². The number of nitrogens with one attached hydrogen (secondary N) is 1. The largest absolute Gasteiger partial charge is 0.492 e. The van der Waals surface area contributed by atoms with E-state index in [1.54, 1.807) is 0 Å². The maximum atomic E-state index is 6.02. The fourth-order valence-corrected chi connectivity index (χ4v) is 5.45. The van der Waals surface area contributed by atoms with Crippen molar-refractivity contribution < 1.29 is 4.74 Å². The van der Waals surface area contributed by atoms with Gasteiger partial charge in [0.15, 0.2) is 0 Å². The van der Waals surface area contributed by atoms with E-state index >= 15 is 0 Å². The molecule has 1 aromatic carbocycles. The van der Waals surface area contributed by atoms with E-state index in [0.29, 0.717) is 11.3 Å². The molecule has 1 aliphatic heterocycles. The second-order valence-corrected chi connectivity index (χ2v) is 8.00. The van der Waals surface area contributed by atoms with E-state index in [1.807, 2.05) is 0 Å². The van der Waals surface area contributed by atoms with Gasteiger partial charge in [0, 0.05) is 10.8 Å². The van der Waals surface area contributed by atoms with Crippen molar-refractivity contribution in [3.63, 3.8) is 0 Å². The van der Waals surface area contributed by atoms with Crippen LogP contribution in [0.2, 0.25) is 0 Å². The summed E-state index contributed by atoms with van der Waals surface area (Å²) in [4.78, 5) is 0. The molecule has 1 N–H and O–H groups in total. The third-order valence-electron chi connectivity index (χ3n) is 4.71. The highest BCUT2D eigenvalue weighted by atomic mass is 32.2. The molecule has 1 aliphatic carbocycles. The van der Waals surface area contributed by atoms with Crippen LogP contribution in [-0.4, -0.2) is 23.7 Å². The van der Waals surface area contributed by atoms with Gasteiger partial charge in [-0.1, -0.05) is 44.9 Å². The van der Waals surface area contributed by atoms with Crippen LogP contribution in [0, 0.1) is 5.92 Å². The number of thioether (sulfide) groups is 1. The molecular formula is C18H27NOS. The summed E-state index contributed by atoms with van der Waals surface area (Å²) in [7, 11) is 0. The van der Waals surface area contributed by atoms with Crippen LogP contribution in [0.25, 0.3) is 0 Å². The van der Waals surface area contributed by atoms with Gasteiger partial charge in [0.1, 0.15) is 12.4 Å². The third-order valence-corrected chi connectivity index (χ3v) is 6.28. The SMILES string of the molecule is CCNC1c2ccccc2OCC1SC1CCCC(C)C1. The minimum absolute atomic E-state index is 0.433. The summed E-state index contributed by atoms with van der Waals surface area (Å²) in [6.45, 7) is 6.45. The van der Waals surface area contributed by atoms with E-state index in [0.717, 1.165) is 30.1 Å². The third kappa shape index (κ3) is 3.57. The monoisotopic (exact) mass is 305 g/mol. The van der Waals surface area contributed by atoms with Crippen molar-refractivity contribution in [1.29, 1.82) is 0 Å². The predicted octanol–water partition coefficient (Wildman–Crippen LogP) is 4.41. The molecule has 0 radical (unpaired) electrons. The van der Waals surface area contributed by atoms with Gasteiger partial charge in [-0.2, -0.15) is 0 Å². The average Bonchev–Trinajstić information content (AvgIpc) is 2.50. The Labute approximate surface area is 133 Å². The molecule has 1 fully saturated rings. The molecule has 21 heavy (non-hydrogen) atoms. The first kappa shape index (κ1) is 15.2. The van der Waals surface area contributed by atoms with Crippen LogP contribution in [0.5, 0.6) is 5.75 Å². The van der Waals surface area contributed by atoms with Crippen LogP contribution >= 0.6 is 11.8 Å². The highest BCUT2D eigenvalue weighted by Gasteiger charge is 2.33. The molecule has 0 aromatic heterocycles. The Morgan fingerprint density at radius 3 is 2.95 bits per heavy atom. The van der Waals surface area contributed by atoms with Crippen LogP contribution in [0.1, 0.15) is 51.1 Å². The Morgan fingerprint density at radius 1 is 1.29 bits per heavy atom. The van der Waals surface area contributed by atoms with Crippen molar-refractivity contribution in [3.8, 4) is 5.75 Å². The first-order valence-corrected chi connectivity index (χ1v) is 9.32. The van der Waals surface area contributed by atoms with Gasteiger partial charge in [-0.15, -0.1) is 11.8 Å². The molecule has 3 rings (SSSR count). The minimum Gasteiger partial charge on any atom is -0.492 e. The summed E-state index contributed by atoms with van der Waals surface area (Å²) in [6, 6.07) is 8.95. The Hall–Kier alpha value is -0.670. The van der Waals surface area contributed by atoms with E-state index < -0.39 is 0 Å². The van der Waals surface area contributed by atoms with Crippen molar-refractivity contribution in [3.05, 3.63) is 29.8 Å². The first-order chi connectivity index (χ1) is 10.3. The topological polar surface area (TPSA) is 21.3 Å². The second kappa shape index (κ2) is 7.06. The standard InChI is InChI=1S/C18H27NOS/c1-3-19-18-15-9-4-5-10-16(15)20-12-17(18)21-14-8-6-7-13(2)11-14/h4-5,9-10,13-14,17-19H,3,6-8,11-12H2,1-2H3. The molecule has 2 aliphatic rings. The van der Waals surface area contributed by atoms with E-state index in [2.05, 4.69) is 55.2 Å². The van der Waals surface area contributed by atoms with Crippen molar-refractivity contribution in [2.75, 3.05) is 13.2 Å². The van der Waals surface area contributed by atoms with Gasteiger partial charge in [0.25, 0.3) is 0 Å². The lowest BCUT2D eigenvalue weighted by atomic mass is 9.90. The summed E-state index contributed by atoms with van der Waals surface area (Å²) in [6.07, 6.45) is 5.57. The normalized spacial score (nSPS) is 32.3. The number of fused-ring (bicyclic) bond motifs is 1. The molecule has 2 nitrogen and oxygen atoms in total. The summed E-state index contributed by atoms with van der Waals surface area (Å²) < 4.78 is 6.02. The van der Waals surface area contributed by atoms with Crippen LogP contribution in [0.4, 0.5) is 0 Å². The van der Waals surface area contributed by atoms with Crippen molar-refractivity contribution in [2.45, 2.75) is 56.1 Å². The van der Waals surface area contributed by atoms with E-state index in [4.69, 9.17) is 4.74 Å². The van der Waals surface area contributed by atoms with Gasteiger partial charge >= 0.3 is 0 Å². The number of para-hydroxylation sites is 1.